The first-order valence-electron chi connectivity index (χ1n) is 7.18. The third-order valence-corrected chi connectivity index (χ3v) is 4.30. The lowest BCUT2D eigenvalue weighted by molar-refractivity contribution is 0.102. The zero-order chi connectivity index (χ0) is 12.4. The highest BCUT2D eigenvalue weighted by Crippen LogP contribution is 2.30. The topological polar surface area (TPSA) is 17.1 Å². The number of ketones is 1. The zero-order valence-electron chi connectivity index (χ0n) is 10.8. The lowest BCUT2D eigenvalue weighted by Crippen LogP contribution is -2.15. The van der Waals surface area contributed by atoms with Crippen LogP contribution in [0.15, 0.2) is 35.9 Å². The van der Waals surface area contributed by atoms with Crippen LogP contribution < -0.4 is 0 Å². The number of Topliss-reactive ketones (excluding diaryl/α,β-unsaturated/α-hetero) is 1. The van der Waals surface area contributed by atoms with Crippen LogP contribution in [0.25, 0.3) is 0 Å². The van der Waals surface area contributed by atoms with Crippen molar-refractivity contribution in [1.82, 2.24) is 0 Å². The van der Waals surface area contributed by atoms with E-state index < -0.39 is 0 Å². The minimum Gasteiger partial charge on any atom is -0.289 e. The second-order valence-corrected chi connectivity index (χ2v) is 5.58. The summed E-state index contributed by atoms with van der Waals surface area (Å²) in [5, 5.41) is 0. The lowest BCUT2D eigenvalue weighted by atomic mass is 9.82. The standard InChI is InChI=1S/C17H20O/c18-17-15(12-13-6-2-1-3-7-13)11-10-14-8-4-5-9-16(14)17/h4-5,8-9,12-13H,1-3,6-7,10-11H2/b15-12-. The molecule has 0 spiro atoms. The first-order chi connectivity index (χ1) is 8.84. The van der Waals surface area contributed by atoms with Gasteiger partial charge in [-0.25, -0.2) is 0 Å². The number of carbonyl (C=O) groups is 1. The first-order valence-corrected chi connectivity index (χ1v) is 7.18. The SMILES string of the molecule is O=C1/C(=C\C2CCCCC2)CCc2ccccc21. The van der Waals surface area contributed by atoms with Gasteiger partial charge in [0.15, 0.2) is 5.78 Å². The Morgan fingerprint density at radius 2 is 1.78 bits per heavy atom. The number of fused-ring (bicyclic) bond motifs is 1. The van der Waals surface area contributed by atoms with Crippen LogP contribution in [0.5, 0.6) is 0 Å². The van der Waals surface area contributed by atoms with Crippen molar-refractivity contribution < 1.29 is 4.79 Å². The zero-order valence-corrected chi connectivity index (χ0v) is 10.8. The Bertz CT molecular complexity index is 478. The minimum absolute atomic E-state index is 0.280. The fraction of sp³-hybridized carbons (Fsp3) is 0.471. The first kappa shape index (κ1) is 11.7. The summed E-state index contributed by atoms with van der Waals surface area (Å²) in [6, 6.07) is 8.07. The Morgan fingerprint density at radius 1 is 1.00 bits per heavy atom. The molecule has 0 saturated heterocycles. The van der Waals surface area contributed by atoms with Gasteiger partial charge in [-0.05, 0) is 42.7 Å². The van der Waals surface area contributed by atoms with E-state index >= 15 is 0 Å². The molecule has 0 bridgehead atoms. The summed E-state index contributed by atoms with van der Waals surface area (Å²) in [6.45, 7) is 0. The Labute approximate surface area is 109 Å². The van der Waals surface area contributed by atoms with Gasteiger partial charge in [0, 0.05) is 5.56 Å². The normalized spacial score (nSPS) is 23.1. The molecule has 0 atom stereocenters. The van der Waals surface area contributed by atoms with Crippen molar-refractivity contribution in [1.29, 1.82) is 0 Å². The van der Waals surface area contributed by atoms with E-state index in [4.69, 9.17) is 0 Å². The third-order valence-electron chi connectivity index (χ3n) is 4.30. The molecule has 1 fully saturated rings. The molecule has 18 heavy (non-hydrogen) atoms. The van der Waals surface area contributed by atoms with Crippen molar-refractivity contribution in [2.45, 2.75) is 44.9 Å². The van der Waals surface area contributed by atoms with Gasteiger partial charge < -0.3 is 0 Å². The number of carbonyl (C=O) groups excluding carboxylic acids is 1. The van der Waals surface area contributed by atoms with E-state index in [1.54, 1.807) is 0 Å². The molecular formula is C17H20O. The number of hydrogen-bond donors (Lipinski definition) is 0. The monoisotopic (exact) mass is 240 g/mol. The molecule has 94 valence electrons. The van der Waals surface area contributed by atoms with E-state index in [-0.39, 0.29) is 5.78 Å². The summed E-state index contributed by atoms with van der Waals surface area (Å²) < 4.78 is 0. The third kappa shape index (κ3) is 2.27. The molecule has 0 unspecified atom stereocenters. The summed E-state index contributed by atoms with van der Waals surface area (Å²) in [5.41, 5.74) is 3.23. The molecule has 0 heterocycles. The second-order valence-electron chi connectivity index (χ2n) is 5.58. The van der Waals surface area contributed by atoms with Crippen molar-refractivity contribution in [2.75, 3.05) is 0 Å². The predicted octanol–water partition coefficient (Wildman–Crippen LogP) is 4.32. The average Bonchev–Trinajstić information content (AvgIpc) is 2.43. The number of rotatable bonds is 1. The van der Waals surface area contributed by atoms with E-state index in [1.165, 1.54) is 37.7 Å². The predicted molar refractivity (Wildman–Crippen MR) is 73.8 cm³/mol. The Hall–Kier alpha value is -1.37. The molecule has 0 amide bonds. The van der Waals surface area contributed by atoms with Gasteiger partial charge in [0.2, 0.25) is 0 Å². The molecule has 1 nitrogen and oxygen atoms in total. The molecule has 1 aromatic carbocycles. The molecule has 3 rings (SSSR count). The van der Waals surface area contributed by atoms with Crippen molar-refractivity contribution in [3.63, 3.8) is 0 Å². The van der Waals surface area contributed by atoms with Crippen molar-refractivity contribution in [3.8, 4) is 0 Å². The average molecular weight is 240 g/mol. The largest absolute Gasteiger partial charge is 0.289 e. The van der Waals surface area contributed by atoms with Gasteiger partial charge in [0.25, 0.3) is 0 Å². The van der Waals surface area contributed by atoms with Gasteiger partial charge in [-0.2, -0.15) is 0 Å². The number of allylic oxidation sites excluding steroid dienone is 2. The van der Waals surface area contributed by atoms with Crippen LogP contribution in [0.3, 0.4) is 0 Å². The summed E-state index contributed by atoms with van der Waals surface area (Å²) in [7, 11) is 0. The van der Waals surface area contributed by atoms with Crippen LogP contribution in [0, 0.1) is 5.92 Å². The lowest BCUT2D eigenvalue weighted by Gasteiger charge is -2.22. The number of hydrogen-bond acceptors (Lipinski definition) is 1. The van der Waals surface area contributed by atoms with E-state index in [0.29, 0.717) is 5.92 Å². The molecular weight excluding hydrogens is 220 g/mol. The molecule has 0 aliphatic heterocycles. The summed E-state index contributed by atoms with van der Waals surface area (Å²) in [6.07, 6.45) is 10.8. The van der Waals surface area contributed by atoms with Gasteiger partial charge in [0.1, 0.15) is 0 Å². The highest BCUT2D eigenvalue weighted by Gasteiger charge is 2.22. The Kier molecular flexibility index (Phi) is 3.31. The van der Waals surface area contributed by atoms with Crippen LogP contribution in [-0.2, 0) is 6.42 Å². The second kappa shape index (κ2) is 5.09. The van der Waals surface area contributed by atoms with Gasteiger partial charge in [-0.1, -0.05) is 49.6 Å². The quantitative estimate of drug-likeness (QED) is 0.668. The summed E-state index contributed by atoms with van der Waals surface area (Å²) >= 11 is 0. The molecule has 2 aliphatic rings. The van der Waals surface area contributed by atoms with Crippen molar-refractivity contribution in [3.05, 3.63) is 47.0 Å². The molecule has 1 heteroatoms. The maximum absolute atomic E-state index is 12.4. The molecule has 0 aromatic heterocycles. The number of benzene rings is 1. The van der Waals surface area contributed by atoms with E-state index in [1.807, 2.05) is 18.2 Å². The van der Waals surface area contributed by atoms with E-state index in [2.05, 4.69) is 12.1 Å². The summed E-state index contributed by atoms with van der Waals surface area (Å²) in [5.74, 6) is 0.936. The Morgan fingerprint density at radius 3 is 2.61 bits per heavy atom. The van der Waals surface area contributed by atoms with Crippen molar-refractivity contribution >= 4 is 5.78 Å². The van der Waals surface area contributed by atoms with E-state index in [0.717, 1.165) is 24.0 Å². The van der Waals surface area contributed by atoms with Crippen LogP contribution in [0.4, 0.5) is 0 Å². The van der Waals surface area contributed by atoms with Crippen molar-refractivity contribution in [2.24, 2.45) is 5.92 Å². The van der Waals surface area contributed by atoms with Crippen LogP contribution in [-0.4, -0.2) is 5.78 Å². The fourth-order valence-corrected chi connectivity index (χ4v) is 3.26. The molecule has 0 radical (unpaired) electrons. The molecule has 1 saturated carbocycles. The minimum atomic E-state index is 0.280. The molecule has 0 N–H and O–H groups in total. The smallest absolute Gasteiger partial charge is 0.188 e. The fourth-order valence-electron chi connectivity index (χ4n) is 3.26. The van der Waals surface area contributed by atoms with Gasteiger partial charge in [-0.15, -0.1) is 0 Å². The van der Waals surface area contributed by atoms with Gasteiger partial charge in [-0.3, -0.25) is 4.79 Å². The maximum atomic E-state index is 12.4. The maximum Gasteiger partial charge on any atom is 0.188 e. The van der Waals surface area contributed by atoms with E-state index in [9.17, 15) is 4.79 Å². The molecule has 2 aliphatic carbocycles. The van der Waals surface area contributed by atoms with Gasteiger partial charge >= 0.3 is 0 Å². The number of aryl methyl sites for hydroxylation is 1. The van der Waals surface area contributed by atoms with Crippen LogP contribution in [0.2, 0.25) is 0 Å². The van der Waals surface area contributed by atoms with Crippen LogP contribution in [0.1, 0.15) is 54.4 Å². The van der Waals surface area contributed by atoms with Gasteiger partial charge in [0.05, 0.1) is 0 Å². The molecule has 1 aromatic rings. The summed E-state index contributed by atoms with van der Waals surface area (Å²) in [4.78, 5) is 12.4. The van der Waals surface area contributed by atoms with Crippen LogP contribution >= 0.6 is 0 Å². The highest BCUT2D eigenvalue weighted by atomic mass is 16.1. The Balaban J connectivity index is 1.83. The highest BCUT2D eigenvalue weighted by molar-refractivity contribution is 6.10.